The van der Waals surface area contributed by atoms with Crippen LogP contribution in [0.4, 0.5) is 0 Å². The summed E-state index contributed by atoms with van der Waals surface area (Å²) in [6, 6.07) is 0. The Bertz CT molecular complexity index is 288. The minimum atomic E-state index is -3.47. The van der Waals surface area contributed by atoms with Crippen LogP contribution in [0.1, 0.15) is 58.3 Å². The fourth-order valence-corrected chi connectivity index (χ4v) is 2.32. The van der Waals surface area contributed by atoms with E-state index in [0.29, 0.717) is 6.42 Å². The lowest BCUT2D eigenvalue weighted by Gasteiger charge is -2.01. The van der Waals surface area contributed by atoms with Crippen molar-refractivity contribution in [2.45, 2.75) is 58.3 Å². The number of rotatable bonds is 10. The summed E-state index contributed by atoms with van der Waals surface area (Å²) in [7, 11) is -3.47. The Labute approximate surface area is 99.7 Å². The van der Waals surface area contributed by atoms with Crippen molar-refractivity contribution in [1.29, 1.82) is 0 Å². The van der Waals surface area contributed by atoms with Crippen molar-refractivity contribution in [3.05, 3.63) is 0 Å². The van der Waals surface area contributed by atoms with Crippen LogP contribution in [0.5, 0.6) is 0 Å². The highest BCUT2D eigenvalue weighted by Crippen LogP contribution is 2.09. The van der Waals surface area contributed by atoms with Crippen LogP contribution in [0.2, 0.25) is 0 Å². The van der Waals surface area contributed by atoms with E-state index in [9.17, 15) is 8.42 Å². The maximum Gasteiger partial charge on any atom is 0.317 e. The summed E-state index contributed by atoms with van der Waals surface area (Å²) >= 11 is 0. The van der Waals surface area contributed by atoms with E-state index in [4.69, 9.17) is 6.42 Å². The van der Waals surface area contributed by atoms with Gasteiger partial charge in [-0.2, -0.15) is 8.42 Å². The predicted octanol–water partition coefficient (Wildman–Crippen LogP) is 3.06. The molecule has 0 rings (SSSR count). The summed E-state index contributed by atoms with van der Waals surface area (Å²) in [4.78, 5) is 0. The highest BCUT2D eigenvalue weighted by atomic mass is 32.2. The largest absolute Gasteiger partial charge is 0.328 e. The van der Waals surface area contributed by atoms with Gasteiger partial charge in [-0.05, 0) is 6.42 Å². The molecular weight excluding hydrogens is 224 g/mol. The number of unbranched alkanes of at least 4 members (excludes halogenated alkanes) is 7. The topological polar surface area (TPSA) is 43.4 Å². The van der Waals surface area contributed by atoms with Crippen LogP contribution in [-0.2, 0) is 14.3 Å². The van der Waals surface area contributed by atoms with E-state index in [1.165, 1.54) is 32.1 Å². The monoisotopic (exact) mass is 246 g/mol. The Kier molecular flexibility index (Phi) is 9.12. The molecule has 0 spiro atoms. The van der Waals surface area contributed by atoms with Gasteiger partial charge in [0.1, 0.15) is 6.11 Å². The minimum Gasteiger partial charge on any atom is -0.328 e. The molecule has 0 aliphatic carbocycles. The van der Waals surface area contributed by atoms with Gasteiger partial charge in [0.15, 0.2) is 0 Å². The van der Waals surface area contributed by atoms with Crippen LogP contribution in [0.15, 0.2) is 0 Å². The molecule has 3 nitrogen and oxygen atoms in total. The minimum absolute atomic E-state index is 0.0339. The molecule has 0 heterocycles. The normalized spacial score (nSPS) is 11.0. The maximum atomic E-state index is 11.0. The zero-order chi connectivity index (χ0) is 12.3. The molecule has 0 aromatic rings. The second-order valence-corrected chi connectivity index (χ2v) is 5.63. The summed E-state index contributed by atoms with van der Waals surface area (Å²) in [6.07, 6.45) is 15.4. The summed E-state index contributed by atoms with van der Waals surface area (Å²) in [5.41, 5.74) is 0. The lowest BCUT2D eigenvalue weighted by atomic mass is 10.1. The third-order valence-electron chi connectivity index (χ3n) is 2.42. The molecule has 0 aromatic heterocycles. The van der Waals surface area contributed by atoms with E-state index in [1.807, 2.05) is 0 Å². The zero-order valence-corrected chi connectivity index (χ0v) is 10.9. The van der Waals surface area contributed by atoms with Crippen LogP contribution >= 0.6 is 0 Å². The van der Waals surface area contributed by atoms with Crippen molar-refractivity contribution < 1.29 is 12.6 Å². The van der Waals surface area contributed by atoms with E-state index in [0.717, 1.165) is 12.8 Å². The fraction of sp³-hybridized carbons (Fsp3) is 0.833. The molecule has 0 aliphatic heterocycles. The van der Waals surface area contributed by atoms with Gasteiger partial charge in [0.2, 0.25) is 0 Å². The Hall–Kier alpha value is -0.690. The van der Waals surface area contributed by atoms with Gasteiger partial charge in [-0.15, -0.1) is 0 Å². The summed E-state index contributed by atoms with van der Waals surface area (Å²) in [5, 5.41) is 0. The SMILES string of the molecule is C#COS(=O)(=O)CCCCCCCCCC. The lowest BCUT2D eigenvalue weighted by molar-refractivity contribution is 0.462. The van der Waals surface area contributed by atoms with Crippen LogP contribution in [0.3, 0.4) is 0 Å². The van der Waals surface area contributed by atoms with Gasteiger partial charge < -0.3 is 4.18 Å². The van der Waals surface area contributed by atoms with Crippen molar-refractivity contribution >= 4 is 10.1 Å². The van der Waals surface area contributed by atoms with Crippen LogP contribution < -0.4 is 0 Å². The van der Waals surface area contributed by atoms with E-state index in [1.54, 1.807) is 6.11 Å². The van der Waals surface area contributed by atoms with Crippen LogP contribution in [-0.4, -0.2) is 14.2 Å². The quantitative estimate of drug-likeness (QED) is 0.338. The molecule has 0 saturated heterocycles. The summed E-state index contributed by atoms with van der Waals surface area (Å²) in [6.45, 7) is 2.19. The fourth-order valence-electron chi connectivity index (χ4n) is 1.53. The Morgan fingerprint density at radius 2 is 1.50 bits per heavy atom. The highest BCUT2D eigenvalue weighted by molar-refractivity contribution is 7.86. The van der Waals surface area contributed by atoms with Gasteiger partial charge in [0.05, 0.1) is 5.75 Å². The Balaban J connectivity index is 3.31. The van der Waals surface area contributed by atoms with Gasteiger partial charge in [-0.1, -0.05) is 58.3 Å². The Morgan fingerprint density at radius 3 is 2.00 bits per heavy atom. The molecule has 0 radical (unpaired) electrons. The molecule has 0 saturated carbocycles. The number of hydrogen-bond acceptors (Lipinski definition) is 3. The lowest BCUT2D eigenvalue weighted by Crippen LogP contribution is -2.07. The average molecular weight is 246 g/mol. The third kappa shape index (κ3) is 9.85. The van der Waals surface area contributed by atoms with Gasteiger partial charge in [0.25, 0.3) is 0 Å². The van der Waals surface area contributed by atoms with Gasteiger partial charge in [-0.25, -0.2) is 0 Å². The Morgan fingerprint density at radius 1 is 1.00 bits per heavy atom. The van der Waals surface area contributed by atoms with E-state index >= 15 is 0 Å². The first-order valence-corrected chi connectivity index (χ1v) is 7.57. The second-order valence-electron chi connectivity index (χ2n) is 3.94. The standard InChI is InChI=1S/C12H22O3S/c1-3-5-6-7-8-9-10-11-12-16(13,14)15-4-2/h2H,3,5-12H2,1H3. The first-order chi connectivity index (χ1) is 7.62. The molecule has 0 atom stereocenters. The first kappa shape index (κ1) is 15.3. The second kappa shape index (κ2) is 9.53. The van der Waals surface area contributed by atoms with E-state index in [-0.39, 0.29) is 5.75 Å². The van der Waals surface area contributed by atoms with Crippen molar-refractivity contribution in [1.82, 2.24) is 0 Å². The molecule has 0 fully saturated rings. The molecule has 94 valence electrons. The molecule has 0 aliphatic rings. The molecule has 4 heteroatoms. The molecule has 0 amide bonds. The van der Waals surface area contributed by atoms with Crippen molar-refractivity contribution in [3.8, 4) is 12.5 Å². The smallest absolute Gasteiger partial charge is 0.317 e. The third-order valence-corrected chi connectivity index (χ3v) is 3.56. The van der Waals surface area contributed by atoms with E-state index in [2.05, 4.69) is 11.1 Å². The van der Waals surface area contributed by atoms with Gasteiger partial charge in [0, 0.05) is 0 Å². The molecule has 16 heavy (non-hydrogen) atoms. The highest BCUT2D eigenvalue weighted by Gasteiger charge is 2.08. The van der Waals surface area contributed by atoms with E-state index < -0.39 is 10.1 Å². The molecular formula is C12H22O3S. The van der Waals surface area contributed by atoms with Crippen molar-refractivity contribution in [2.24, 2.45) is 0 Å². The van der Waals surface area contributed by atoms with Crippen LogP contribution in [0, 0.1) is 12.5 Å². The number of hydrogen-bond donors (Lipinski definition) is 0. The first-order valence-electron chi connectivity index (χ1n) is 5.99. The summed E-state index contributed by atoms with van der Waals surface area (Å²) in [5.74, 6) is 0.0339. The zero-order valence-electron chi connectivity index (χ0n) is 10.1. The van der Waals surface area contributed by atoms with Gasteiger partial charge >= 0.3 is 10.1 Å². The maximum absolute atomic E-state index is 11.0. The van der Waals surface area contributed by atoms with Crippen molar-refractivity contribution in [3.63, 3.8) is 0 Å². The van der Waals surface area contributed by atoms with Gasteiger partial charge in [-0.3, -0.25) is 0 Å². The molecule has 0 N–H and O–H groups in total. The average Bonchev–Trinajstić information content (AvgIpc) is 2.22. The molecule has 0 unspecified atom stereocenters. The number of terminal acetylenes is 1. The van der Waals surface area contributed by atoms with Crippen LogP contribution in [0.25, 0.3) is 0 Å². The molecule has 0 aromatic carbocycles. The summed E-state index contributed by atoms with van der Waals surface area (Å²) < 4.78 is 26.3. The van der Waals surface area contributed by atoms with Crippen molar-refractivity contribution in [2.75, 3.05) is 5.75 Å². The molecule has 0 bridgehead atoms. The predicted molar refractivity (Wildman–Crippen MR) is 66.3 cm³/mol.